The van der Waals surface area contributed by atoms with Crippen LogP contribution in [0.4, 0.5) is 0 Å². The molecule has 1 atom stereocenters. The topological polar surface area (TPSA) is 47.1 Å². The number of nitrogens with two attached hydrogens (primary N) is 1. The summed E-state index contributed by atoms with van der Waals surface area (Å²) in [4.78, 5) is 2.54. The van der Waals surface area contributed by atoms with Gasteiger partial charge in [-0.1, -0.05) is 6.92 Å². The van der Waals surface area contributed by atoms with Crippen LogP contribution in [0.25, 0.3) is 0 Å². The van der Waals surface area contributed by atoms with Gasteiger partial charge in [0.1, 0.15) is 0 Å². The van der Waals surface area contributed by atoms with E-state index in [1.54, 1.807) is 0 Å². The third kappa shape index (κ3) is 3.57. The van der Waals surface area contributed by atoms with Crippen molar-refractivity contribution < 1.29 is 0 Å². The highest BCUT2D eigenvalue weighted by Crippen LogP contribution is 2.21. The van der Waals surface area contributed by atoms with Gasteiger partial charge in [0.25, 0.3) is 0 Å². The monoisotopic (exact) mass is 264 g/mol. The van der Waals surface area contributed by atoms with Gasteiger partial charge in [0.2, 0.25) is 0 Å². The van der Waals surface area contributed by atoms with E-state index in [1.165, 1.54) is 37.3 Å². The molecule has 2 rings (SSSR count). The molecule has 4 nitrogen and oxygen atoms in total. The summed E-state index contributed by atoms with van der Waals surface area (Å²) < 4.78 is 2.15. The van der Waals surface area contributed by atoms with Crippen molar-refractivity contribution in [3.05, 3.63) is 17.5 Å². The lowest BCUT2D eigenvalue weighted by molar-refractivity contribution is 0.162. The molecule has 1 aromatic heterocycles. The summed E-state index contributed by atoms with van der Waals surface area (Å²) in [6.45, 7) is 10.8. The van der Waals surface area contributed by atoms with Gasteiger partial charge in [-0.05, 0) is 58.2 Å². The molecular formula is C15H28N4. The Labute approximate surface area is 117 Å². The summed E-state index contributed by atoms with van der Waals surface area (Å²) >= 11 is 0. The van der Waals surface area contributed by atoms with Gasteiger partial charge in [0.05, 0.1) is 11.4 Å². The molecule has 1 saturated heterocycles. The third-order valence-electron chi connectivity index (χ3n) is 4.34. The van der Waals surface area contributed by atoms with Crippen LogP contribution in [0.5, 0.6) is 0 Å². The molecule has 0 amide bonds. The molecule has 1 fully saturated rings. The van der Waals surface area contributed by atoms with Crippen molar-refractivity contribution in [2.24, 2.45) is 11.7 Å². The van der Waals surface area contributed by atoms with E-state index in [1.807, 2.05) is 0 Å². The lowest BCUT2D eigenvalue weighted by Gasteiger charge is -2.33. The minimum atomic E-state index is 0.343. The first kappa shape index (κ1) is 14.5. The Kier molecular flexibility index (Phi) is 4.99. The van der Waals surface area contributed by atoms with Gasteiger partial charge >= 0.3 is 0 Å². The highest BCUT2D eigenvalue weighted by atomic mass is 15.3. The fourth-order valence-electron chi connectivity index (χ4n) is 2.95. The van der Waals surface area contributed by atoms with E-state index >= 15 is 0 Å². The van der Waals surface area contributed by atoms with E-state index in [-0.39, 0.29) is 0 Å². The average Bonchev–Trinajstić information content (AvgIpc) is 2.81. The Morgan fingerprint density at radius 2 is 2.05 bits per heavy atom. The molecule has 1 aromatic rings. The fraction of sp³-hybridized carbons (Fsp3) is 0.800. The fourth-order valence-corrected chi connectivity index (χ4v) is 2.95. The molecule has 19 heavy (non-hydrogen) atoms. The van der Waals surface area contributed by atoms with Crippen molar-refractivity contribution >= 4 is 0 Å². The number of aryl methyl sites for hydroxylation is 2. The molecule has 0 radical (unpaired) electrons. The van der Waals surface area contributed by atoms with Gasteiger partial charge in [-0.15, -0.1) is 0 Å². The molecule has 0 bridgehead atoms. The standard InChI is InChI=1S/C15H28N4/c1-4-14-10-15(19(5-2)17-14)11-18-8-6-13(7-9-18)12(3)16/h10,12-13H,4-9,11,16H2,1-3H3. The minimum Gasteiger partial charge on any atom is -0.328 e. The predicted molar refractivity (Wildman–Crippen MR) is 78.9 cm³/mol. The Balaban J connectivity index is 1.93. The second-order valence-electron chi connectivity index (χ2n) is 5.77. The molecular weight excluding hydrogens is 236 g/mol. The number of aromatic nitrogens is 2. The van der Waals surface area contributed by atoms with Gasteiger partial charge in [-0.25, -0.2) is 0 Å². The molecule has 1 aliphatic heterocycles. The van der Waals surface area contributed by atoms with Gasteiger partial charge in [0.15, 0.2) is 0 Å². The molecule has 108 valence electrons. The van der Waals surface area contributed by atoms with Gasteiger partial charge in [0, 0.05) is 19.1 Å². The van der Waals surface area contributed by atoms with E-state index in [4.69, 9.17) is 5.73 Å². The first-order valence-electron chi connectivity index (χ1n) is 7.67. The van der Waals surface area contributed by atoms with Gasteiger partial charge in [-0.2, -0.15) is 5.10 Å². The summed E-state index contributed by atoms with van der Waals surface area (Å²) in [7, 11) is 0. The summed E-state index contributed by atoms with van der Waals surface area (Å²) in [5.41, 5.74) is 8.57. The molecule has 1 aliphatic rings. The number of hydrogen-bond acceptors (Lipinski definition) is 3. The number of piperidine rings is 1. The van der Waals surface area contributed by atoms with E-state index in [0.717, 1.165) is 19.5 Å². The lowest BCUT2D eigenvalue weighted by Crippen LogP contribution is -2.39. The molecule has 4 heteroatoms. The average molecular weight is 264 g/mol. The van der Waals surface area contributed by atoms with Crippen molar-refractivity contribution in [1.82, 2.24) is 14.7 Å². The number of nitrogens with zero attached hydrogens (tertiary/aromatic N) is 3. The highest BCUT2D eigenvalue weighted by molar-refractivity contribution is 5.10. The molecule has 2 heterocycles. The molecule has 1 unspecified atom stereocenters. The minimum absolute atomic E-state index is 0.343. The maximum absolute atomic E-state index is 6.00. The molecule has 0 aromatic carbocycles. The summed E-state index contributed by atoms with van der Waals surface area (Å²) in [6, 6.07) is 2.61. The van der Waals surface area contributed by atoms with Crippen LogP contribution in [0.1, 0.15) is 45.0 Å². The molecule has 2 N–H and O–H groups in total. The van der Waals surface area contributed by atoms with E-state index in [9.17, 15) is 0 Å². The smallest absolute Gasteiger partial charge is 0.0625 e. The maximum atomic E-state index is 6.00. The van der Waals surface area contributed by atoms with Crippen LogP contribution in [0.3, 0.4) is 0 Å². The number of rotatable bonds is 5. The third-order valence-corrected chi connectivity index (χ3v) is 4.34. The second-order valence-corrected chi connectivity index (χ2v) is 5.77. The molecule has 0 spiro atoms. The molecule has 0 saturated carbocycles. The second kappa shape index (κ2) is 6.53. The van der Waals surface area contributed by atoms with Crippen LogP contribution in [-0.2, 0) is 19.5 Å². The number of likely N-dealkylation sites (tertiary alicyclic amines) is 1. The van der Waals surface area contributed by atoms with Crippen molar-refractivity contribution in [2.45, 2.75) is 59.2 Å². The largest absolute Gasteiger partial charge is 0.328 e. The zero-order valence-corrected chi connectivity index (χ0v) is 12.6. The van der Waals surface area contributed by atoms with Crippen molar-refractivity contribution in [3.63, 3.8) is 0 Å². The van der Waals surface area contributed by atoms with Crippen molar-refractivity contribution in [3.8, 4) is 0 Å². The zero-order valence-electron chi connectivity index (χ0n) is 12.6. The van der Waals surface area contributed by atoms with E-state index in [0.29, 0.717) is 12.0 Å². The highest BCUT2D eigenvalue weighted by Gasteiger charge is 2.22. The Morgan fingerprint density at radius 1 is 1.37 bits per heavy atom. The normalized spacial score (nSPS) is 19.8. The summed E-state index contributed by atoms with van der Waals surface area (Å²) in [5.74, 6) is 0.707. The first-order chi connectivity index (χ1) is 9.13. The van der Waals surface area contributed by atoms with Crippen LogP contribution >= 0.6 is 0 Å². The Morgan fingerprint density at radius 3 is 2.58 bits per heavy atom. The number of hydrogen-bond donors (Lipinski definition) is 1. The zero-order chi connectivity index (χ0) is 13.8. The van der Waals surface area contributed by atoms with Crippen LogP contribution < -0.4 is 5.73 Å². The Bertz CT molecular complexity index is 389. The Hall–Kier alpha value is -0.870. The SMILES string of the molecule is CCc1cc(CN2CCC(C(C)N)CC2)n(CC)n1. The van der Waals surface area contributed by atoms with Crippen molar-refractivity contribution in [1.29, 1.82) is 0 Å². The first-order valence-corrected chi connectivity index (χ1v) is 7.67. The summed E-state index contributed by atoms with van der Waals surface area (Å²) in [6.07, 6.45) is 3.49. The van der Waals surface area contributed by atoms with Gasteiger partial charge in [-0.3, -0.25) is 9.58 Å². The van der Waals surface area contributed by atoms with Gasteiger partial charge < -0.3 is 5.73 Å². The van der Waals surface area contributed by atoms with E-state index in [2.05, 4.69) is 41.5 Å². The van der Waals surface area contributed by atoms with Crippen LogP contribution in [0.2, 0.25) is 0 Å². The van der Waals surface area contributed by atoms with Crippen LogP contribution in [0.15, 0.2) is 6.07 Å². The van der Waals surface area contributed by atoms with Crippen molar-refractivity contribution in [2.75, 3.05) is 13.1 Å². The molecule has 0 aliphatic carbocycles. The van der Waals surface area contributed by atoms with Crippen LogP contribution in [-0.4, -0.2) is 33.8 Å². The predicted octanol–water partition coefficient (Wildman–Crippen LogP) is 2.02. The lowest BCUT2D eigenvalue weighted by atomic mass is 9.91. The van der Waals surface area contributed by atoms with Crippen LogP contribution in [0, 0.1) is 5.92 Å². The quantitative estimate of drug-likeness (QED) is 0.885. The summed E-state index contributed by atoms with van der Waals surface area (Å²) in [5, 5.41) is 4.63. The maximum Gasteiger partial charge on any atom is 0.0625 e. The van der Waals surface area contributed by atoms with E-state index < -0.39 is 0 Å².